The zero-order chi connectivity index (χ0) is 27.0. The minimum atomic E-state index is -4.44. The lowest BCUT2D eigenvalue weighted by Crippen LogP contribution is -2.49. The second-order valence-electron chi connectivity index (χ2n) is 9.74. The maximum Gasteiger partial charge on any atom is 0.416 e. The summed E-state index contributed by atoms with van der Waals surface area (Å²) in [6.07, 6.45) is 1.00. The summed E-state index contributed by atoms with van der Waals surface area (Å²) >= 11 is 3.03. The van der Waals surface area contributed by atoms with E-state index >= 15 is 0 Å². The molecule has 2 unspecified atom stereocenters. The van der Waals surface area contributed by atoms with Crippen molar-refractivity contribution in [3.63, 3.8) is 0 Å². The highest BCUT2D eigenvalue weighted by atomic mass is 32.2. The van der Waals surface area contributed by atoms with Crippen LogP contribution in [0.4, 0.5) is 13.2 Å². The SMILES string of the molecule is CC(C)(C)[C@H](NC(=O)C1=C(OCc2ccc(C(F)(F)F)cc2)C2C=C(c3cscn3)SC2C=C1)C(=O)O. The third kappa shape index (κ3) is 6.10. The Hall–Kier alpha value is -3.05. The molecular formula is C26H25F3N2O4S2. The fourth-order valence-electron chi connectivity index (χ4n) is 4.00. The highest BCUT2D eigenvalue weighted by Crippen LogP contribution is 2.48. The van der Waals surface area contributed by atoms with E-state index in [0.29, 0.717) is 11.3 Å². The number of aliphatic carboxylic acids is 1. The Kier molecular flexibility index (Phi) is 7.57. The molecule has 2 aliphatic rings. The maximum absolute atomic E-state index is 13.3. The number of nitrogens with zero attached hydrogens (tertiary/aromatic N) is 1. The monoisotopic (exact) mass is 550 g/mol. The van der Waals surface area contributed by atoms with Crippen molar-refractivity contribution in [3.05, 3.63) is 81.5 Å². The molecule has 2 aromatic rings. The van der Waals surface area contributed by atoms with Crippen LogP contribution in [-0.4, -0.2) is 33.3 Å². The van der Waals surface area contributed by atoms with Gasteiger partial charge in [-0.2, -0.15) is 13.2 Å². The van der Waals surface area contributed by atoms with Gasteiger partial charge >= 0.3 is 12.1 Å². The first-order valence-corrected chi connectivity index (χ1v) is 13.2. The number of carbonyl (C=O) groups is 2. The van der Waals surface area contributed by atoms with E-state index in [1.54, 1.807) is 44.1 Å². The molecule has 0 spiro atoms. The number of fused-ring (bicyclic) bond motifs is 1. The van der Waals surface area contributed by atoms with Crippen LogP contribution in [-0.2, 0) is 27.1 Å². The van der Waals surface area contributed by atoms with Gasteiger partial charge in [-0.05, 0) is 29.2 Å². The molecule has 37 heavy (non-hydrogen) atoms. The van der Waals surface area contributed by atoms with Crippen molar-refractivity contribution in [1.29, 1.82) is 0 Å². The third-order valence-electron chi connectivity index (χ3n) is 5.96. The first kappa shape index (κ1) is 27.0. The number of benzene rings is 1. The summed E-state index contributed by atoms with van der Waals surface area (Å²) in [6.45, 7) is 5.08. The predicted molar refractivity (Wildman–Crippen MR) is 136 cm³/mol. The van der Waals surface area contributed by atoms with Crippen LogP contribution in [0.25, 0.3) is 4.91 Å². The summed E-state index contributed by atoms with van der Waals surface area (Å²) < 4.78 is 44.9. The normalized spacial score (nSPS) is 20.3. The van der Waals surface area contributed by atoms with Crippen molar-refractivity contribution >= 4 is 39.9 Å². The van der Waals surface area contributed by atoms with Crippen molar-refractivity contribution in [1.82, 2.24) is 10.3 Å². The van der Waals surface area contributed by atoms with E-state index in [9.17, 15) is 27.9 Å². The van der Waals surface area contributed by atoms with E-state index in [0.717, 1.165) is 22.7 Å². The molecule has 0 saturated heterocycles. The van der Waals surface area contributed by atoms with Gasteiger partial charge in [0, 0.05) is 15.5 Å². The Morgan fingerprint density at radius 1 is 1.19 bits per heavy atom. The number of nitrogens with one attached hydrogen (secondary N) is 1. The summed E-state index contributed by atoms with van der Waals surface area (Å²) in [7, 11) is 0. The smallest absolute Gasteiger partial charge is 0.416 e. The van der Waals surface area contributed by atoms with Crippen molar-refractivity contribution < 1.29 is 32.6 Å². The van der Waals surface area contributed by atoms with Crippen LogP contribution >= 0.6 is 23.1 Å². The summed E-state index contributed by atoms with van der Waals surface area (Å²) in [4.78, 5) is 30.4. The van der Waals surface area contributed by atoms with Gasteiger partial charge in [0.1, 0.15) is 18.4 Å². The Morgan fingerprint density at radius 3 is 2.46 bits per heavy atom. The van der Waals surface area contributed by atoms with Crippen LogP contribution < -0.4 is 5.32 Å². The average molecular weight is 551 g/mol. The van der Waals surface area contributed by atoms with Crippen molar-refractivity contribution in [3.8, 4) is 0 Å². The molecule has 1 aliphatic carbocycles. The number of hydrogen-bond acceptors (Lipinski definition) is 6. The molecule has 1 amide bonds. The summed E-state index contributed by atoms with van der Waals surface area (Å²) in [5.41, 5.74) is 1.71. The molecular weight excluding hydrogens is 525 g/mol. The number of allylic oxidation sites excluding steroid dienone is 1. The lowest BCUT2D eigenvalue weighted by Gasteiger charge is -2.30. The molecule has 1 aromatic carbocycles. The van der Waals surface area contributed by atoms with Crippen LogP contribution in [0.15, 0.2) is 64.7 Å². The number of carbonyl (C=O) groups excluding carboxylic acids is 1. The molecule has 0 saturated carbocycles. The van der Waals surface area contributed by atoms with E-state index in [1.165, 1.54) is 23.5 Å². The molecule has 1 aliphatic heterocycles. The number of alkyl halides is 3. The third-order valence-corrected chi connectivity index (χ3v) is 7.87. The molecule has 1 aromatic heterocycles. The fraction of sp³-hybridized carbons (Fsp3) is 0.346. The van der Waals surface area contributed by atoms with E-state index < -0.39 is 35.1 Å². The van der Waals surface area contributed by atoms with Gasteiger partial charge in [-0.1, -0.05) is 45.1 Å². The minimum Gasteiger partial charge on any atom is -0.492 e. The number of ether oxygens (including phenoxy) is 1. The van der Waals surface area contributed by atoms with Gasteiger partial charge in [-0.3, -0.25) is 4.79 Å². The predicted octanol–water partition coefficient (Wildman–Crippen LogP) is 5.89. The van der Waals surface area contributed by atoms with Crippen LogP contribution in [0.3, 0.4) is 0 Å². The number of amides is 1. The lowest BCUT2D eigenvalue weighted by atomic mass is 9.86. The molecule has 196 valence electrons. The second kappa shape index (κ2) is 10.4. The van der Waals surface area contributed by atoms with E-state index in [4.69, 9.17) is 4.74 Å². The topological polar surface area (TPSA) is 88.5 Å². The molecule has 2 heterocycles. The number of halogens is 3. The number of hydrogen-bond donors (Lipinski definition) is 2. The van der Waals surface area contributed by atoms with Gasteiger partial charge in [-0.25, -0.2) is 9.78 Å². The van der Waals surface area contributed by atoms with Crippen LogP contribution in [0, 0.1) is 11.3 Å². The van der Waals surface area contributed by atoms with Gasteiger partial charge in [-0.15, -0.1) is 23.1 Å². The number of thiazole rings is 1. The fourth-order valence-corrected chi connectivity index (χ4v) is 5.89. The molecule has 0 fully saturated rings. The van der Waals surface area contributed by atoms with Crippen molar-refractivity contribution in [2.45, 2.75) is 44.8 Å². The van der Waals surface area contributed by atoms with Crippen molar-refractivity contribution in [2.75, 3.05) is 0 Å². The second-order valence-corrected chi connectivity index (χ2v) is 11.7. The van der Waals surface area contributed by atoms with Gasteiger partial charge in [0.25, 0.3) is 5.91 Å². The number of carboxylic acid groups (broad SMARTS) is 1. The van der Waals surface area contributed by atoms with Crippen LogP contribution in [0.2, 0.25) is 0 Å². The maximum atomic E-state index is 13.3. The number of carboxylic acids is 1. The van der Waals surface area contributed by atoms with Crippen LogP contribution in [0.5, 0.6) is 0 Å². The minimum absolute atomic E-state index is 0.0620. The van der Waals surface area contributed by atoms with Gasteiger partial charge in [0.15, 0.2) is 0 Å². The molecule has 0 bridgehead atoms. The summed E-state index contributed by atoms with van der Waals surface area (Å²) in [6, 6.07) is 3.49. The Morgan fingerprint density at radius 2 is 1.89 bits per heavy atom. The molecule has 6 nitrogen and oxygen atoms in total. The summed E-state index contributed by atoms with van der Waals surface area (Å²) in [5.74, 6) is -1.76. The first-order chi connectivity index (χ1) is 17.3. The van der Waals surface area contributed by atoms with Crippen molar-refractivity contribution in [2.24, 2.45) is 11.3 Å². The van der Waals surface area contributed by atoms with Gasteiger partial charge < -0.3 is 15.2 Å². The Bertz CT molecular complexity index is 1260. The van der Waals surface area contributed by atoms with Crippen LogP contribution in [0.1, 0.15) is 37.6 Å². The summed E-state index contributed by atoms with van der Waals surface area (Å²) in [5, 5.41) is 14.1. The molecule has 2 N–H and O–H groups in total. The Labute approximate surface area is 220 Å². The quantitative estimate of drug-likeness (QED) is 0.447. The standard InChI is InChI=1S/C26H25F3N2O4S2/c1-25(2,3)22(24(33)34)31-23(32)16-8-9-19-17(10-20(37-19)18-12-36-13-30-18)21(16)35-11-14-4-6-15(7-5-14)26(27,28)29/h4-10,12-13,17,19,22H,11H2,1-3H3,(H,31,32)(H,33,34)/t17?,19?,22-/m1/s1. The van der Waals surface area contributed by atoms with Gasteiger partial charge in [0.2, 0.25) is 0 Å². The number of aromatic nitrogens is 1. The largest absolute Gasteiger partial charge is 0.492 e. The van der Waals surface area contributed by atoms with E-state index in [2.05, 4.69) is 10.3 Å². The van der Waals surface area contributed by atoms with E-state index in [-0.39, 0.29) is 23.3 Å². The lowest BCUT2D eigenvalue weighted by molar-refractivity contribution is -0.144. The zero-order valence-electron chi connectivity index (χ0n) is 20.2. The highest BCUT2D eigenvalue weighted by molar-refractivity contribution is 8.09. The average Bonchev–Trinajstić information content (AvgIpc) is 3.49. The van der Waals surface area contributed by atoms with Gasteiger partial charge in [0.05, 0.1) is 28.3 Å². The number of thioether (sulfide) groups is 1. The first-order valence-electron chi connectivity index (χ1n) is 11.4. The molecule has 4 rings (SSSR count). The zero-order valence-corrected chi connectivity index (χ0v) is 21.8. The molecule has 3 atom stereocenters. The van der Waals surface area contributed by atoms with E-state index in [1.807, 2.05) is 17.5 Å². The molecule has 11 heteroatoms. The molecule has 0 radical (unpaired) electrons. The number of rotatable bonds is 7. The highest BCUT2D eigenvalue weighted by Gasteiger charge is 2.39. The Balaban J connectivity index is 1.65.